The Bertz CT molecular complexity index is 925. The summed E-state index contributed by atoms with van der Waals surface area (Å²) in [6.45, 7) is 4.56. The summed E-state index contributed by atoms with van der Waals surface area (Å²) in [5.41, 5.74) is 2.94. The Hall–Kier alpha value is -2.31. The highest BCUT2D eigenvalue weighted by Gasteiger charge is 2.17. The summed E-state index contributed by atoms with van der Waals surface area (Å²) in [6.07, 6.45) is 2.54. The van der Waals surface area contributed by atoms with Gasteiger partial charge in [0.1, 0.15) is 11.4 Å². The molecule has 1 aliphatic rings. The largest absolute Gasteiger partial charge is 0.497 e. The van der Waals surface area contributed by atoms with E-state index in [0.717, 1.165) is 46.9 Å². The van der Waals surface area contributed by atoms with Crippen LogP contribution in [0.3, 0.4) is 0 Å². The highest BCUT2D eigenvalue weighted by atomic mass is 32.1. The average molecular weight is 384 g/mol. The van der Waals surface area contributed by atoms with Gasteiger partial charge < -0.3 is 19.5 Å². The van der Waals surface area contributed by atoms with Crippen molar-refractivity contribution in [3.8, 4) is 5.75 Å². The van der Waals surface area contributed by atoms with Crippen molar-refractivity contribution in [1.82, 2.24) is 14.8 Å². The molecule has 1 saturated heterocycles. The Kier molecular flexibility index (Phi) is 5.45. The van der Waals surface area contributed by atoms with Crippen LogP contribution in [0.15, 0.2) is 41.8 Å². The number of aromatic nitrogens is 1. The van der Waals surface area contributed by atoms with Gasteiger partial charge >= 0.3 is 0 Å². The van der Waals surface area contributed by atoms with E-state index in [1.54, 1.807) is 18.4 Å². The molecule has 142 valence electrons. The first-order valence-electron chi connectivity index (χ1n) is 9.45. The van der Waals surface area contributed by atoms with Crippen LogP contribution >= 0.6 is 11.3 Å². The van der Waals surface area contributed by atoms with Crippen LogP contribution in [0.1, 0.15) is 28.9 Å². The topological polar surface area (TPSA) is 46.5 Å². The summed E-state index contributed by atoms with van der Waals surface area (Å²) in [5.74, 6) is 0.832. The van der Waals surface area contributed by atoms with Crippen LogP contribution in [0.4, 0.5) is 0 Å². The van der Waals surface area contributed by atoms with Crippen LogP contribution in [0.2, 0.25) is 0 Å². The Morgan fingerprint density at radius 2 is 2.07 bits per heavy atom. The zero-order valence-electron chi connectivity index (χ0n) is 15.6. The van der Waals surface area contributed by atoms with E-state index in [2.05, 4.69) is 32.3 Å². The van der Waals surface area contributed by atoms with Gasteiger partial charge in [-0.2, -0.15) is 0 Å². The molecule has 1 aromatic carbocycles. The zero-order chi connectivity index (χ0) is 18.6. The SMILES string of the molecule is COc1cccc(Cn2c(C(=O)NCCN3CCCC3)cc3sccc32)c1. The van der Waals surface area contributed by atoms with E-state index < -0.39 is 0 Å². The van der Waals surface area contributed by atoms with Crippen molar-refractivity contribution in [2.24, 2.45) is 0 Å². The number of methoxy groups -OCH3 is 1. The lowest BCUT2D eigenvalue weighted by Crippen LogP contribution is -2.34. The lowest BCUT2D eigenvalue weighted by molar-refractivity contribution is 0.0941. The maximum atomic E-state index is 12.8. The van der Waals surface area contributed by atoms with Gasteiger partial charge in [0.2, 0.25) is 0 Å². The van der Waals surface area contributed by atoms with Crippen molar-refractivity contribution < 1.29 is 9.53 Å². The summed E-state index contributed by atoms with van der Waals surface area (Å²) < 4.78 is 8.58. The number of amides is 1. The first-order valence-corrected chi connectivity index (χ1v) is 10.3. The molecule has 3 aromatic rings. The molecule has 0 bridgehead atoms. The number of nitrogens with one attached hydrogen (secondary N) is 1. The van der Waals surface area contributed by atoms with E-state index in [-0.39, 0.29) is 5.91 Å². The fraction of sp³-hybridized carbons (Fsp3) is 0.381. The molecule has 1 fully saturated rings. The molecule has 6 heteroatoms. The molecule has 0 saturated carbocycles. The Morgan fingerprint density at radius 3 is 2.89 bits per heavy atom. The van der Waals surface area contributed by atoms with E-state index in [9.17, 15) is 4.79 Å². The molecular weight excluding hydrogens is 358 g/mol. The third-order valence-corrected chi connectivity index (χ3v) is 6.00. The first kappa shape index (κ1) is 18.1. The second-order valence-corrected chi connectivity index (χ2v) is 7.89. The fourth-order valence-electron chi connectivity index (χ4n) is 3.71. The fourth-order valence-corrected chi connectivity index (χ4v) is 4.54. The minimum Gasteiger partial charge on any atom is -0.497 e. The maximum absolute atomic E-state index is 12.8. The van der Waals surface area contributed by atoms with Crippen LogP contribution in [-0.2, 0) is 6.54 Å². The quantitative estimate of drug-likeness (QED) is 0.678. The highest BCUT2D eigenvalue weighted by Crippen LogP contribution is 2.27. The van der Waals surface area contributed by atoms with Crippen LogP contribution in [0, 0.1) is 0 Å². The second-order valence-electron chi connectivity index (χ2n) is 6.94. The van der Waals surface area contributed by atoms with Gasteiger partial charge in [-0.1, -0.05) is 12.1 Å². The number of thiophene rings is 1. The summed E-state index contributed by atoms with van der Waals surface area (Å²) in [5, 5.41) is 5.18. The summed E-state index contributed by atoms with van der Waals surface area (Å²) >= 11 is 1.67. The molecule has 1 N–H and O–H groups in total. The van der Waals surface area contributed by atoms with Crippen molar-refractivity contribution in [3.05, 3.63) is 53.0 Å². The molecule has 0 atom stereocenters. The number of benzene rings is 1. The number of hydrogen-bond acceptors (Lipinski definition) is 4. The molecule has 1 aliphatic heterocycles. The molecule has 2 aromatic heterocycles. The Labute approximate surface area is 163 Å². The monoisotopic (exact) mass is 383 g/mol. The van der Waals surface area contributed by atoms with E-state index in [1.807, 2.05) is 24.3 Å². The van der Waals surface area contributed by atoms with Crippen molar-refractivity contribution >= 4 is 27.5 Å². The predicted molar refractivity (Wildman–Crippen MR) is 110 cm³/mol. The molecule has 0 aliphatic carbocycles. The van der Waals surface area contributed by atoms with Crippen molar-refractivity contribution in [2.75, 3.05) is 33.3 Å². The lowest BCUT2D eigenvalue weighted by atomic mass is 10.2. The van der Waals surface area contributed by atoms with Crippen LogP contribution in [-0.4, -0.2) is 48.7 Å². The molecule has 0 spiro atoms. The number of carbonyl (C=O) groups excluding carboxylic acids is 1. The normalized spacial score (nSPS) is 14.7. The molecule has 3 heterocycles. The molecule has 27 heavy (non-hydrogen) atoms. The smallest absolute Gasteiger partial charge is 0.268 e. The number of rotatable bonds is 7. The molecule has 5 nitrogen and oxygen atoms in total. The number of hydrogen-bond donors (Lipinski definition) is 1. The number of likely N-dealkylation sites (tertiary alicyclic amines) is 1. The highest BCUT2D eigenvalue weighted by molar-refractivity contribution is 7.17. The first-order chi connectivity index (χ1) is 13.2. The molecular formula is C21H25N3O2S. The third kappa shape index (κ3) is 4.01. The number of nitrogens with zero attached hydrogens (tertiary/aromatic N) is 2. The molecule has 0 radical (unpaired) electrons. The van der Waals surface area contributed by atoms with Gasteiger partial charge in [-0.25, -0.2) is 0 Å². The number of ether oxygens (including phenoxy) is 1. The molecule has 4 rings (SSSR count). The van der Waals surface area contributed by atoms with Crippen molar-refractivity contribution in [2.45, 2.75) is 19.4 Å². The van der Waals surface area contributed by atoms with Gasteiger partial charge in [-0.3, -0.25) is 4.79 Å². The Balaban J connectivity index is 1.52. The van der Waals surface area contributed by atoms with Crippen molar-refractivity contribution in [3.63, 3.8) is 0 Å². The van der Waals surface area contributed by atoms with Crippen LogP contribution in [0.5, 0.6) is 5.75 Å². The van der Waals surface area contributed by atoms with E-state index in [0.29, 0.717) is 13.1 Å². The minimum atomic E-state index is 0.000457. The predicted octanol–water partition coefficient (Wildman–Crippen LogP) is 3.59. The lowest BCUT2D eigenvalue weighted by Gasteiger charge is -2.15. The maximum Gasteiger partial charge on any atom is 0.268 e. The van der Waals surface area contributed by atoms with Gasteiger partial charge in [0.05, 0.1) is 17.3 Å². The summed E-state index contributed by atoms with van der Waals surface area (Å²) in [7, 11) is 1.67. The van der Waals surface area contributed by atoms with Crippen LogP contribution in [0.25, 0.3) is 10.2 Å². The molecule has 1 amide bonds. The third-order valence-electron chi connectivity index (χ3n) is 5.14. The summed E-state index contributed by atoms with van der Waals surface area (Å²) in [4.78, 5) is 15.3. The minimum absolute atomic E-state index is 0.000457. The number of carbonyl (C=O) groups is 1. The standard InChI is InChI=1S/C21H25N3O2S/c1-26-17-6-4-5-16(13-17)15-24-18-7-12-27-20(18)14-19(24)21(25)22-8-11-23-9-2-3-10-23/h4-7,12-14H,2-3,8-11,15H2,1H3,(H,22,25). The van der Waals surface area contributed by atoms with Crippen molar-refractivity contribution in [1.29, 1.82) is 0 Å². The number of fused-ring (bicyclic) bond motifs is 1. The van der Waals surface area contributed by atoms with E-state index in [1.165, 1.54) is 12.8 Å². The van der Waals surface area contributed by atoms with Gasteiger partial charge in [-0.05, 0) is 61.1 Å². The summed E-state index contributed by atoms with van der Waals surface area (Å²) in [6, 6.07) is 12.1. The van der Waals surface area contributed by atoms with Gasteiger partial charge in [-0.15, -0.1) is 11.3 Å². The van der Waals surface area contributed by atoms with Gasteiger partial charge in [0, 0.05) is 19.6 Å². The van der Waals surface area contributed by atoms with Gasteiger partial charge in [0.15, 0.2) is 0 Å². The average Bonchev–Trinajstić information content (AvgIpc) is 3.41. The zero-order valence-corrected chi connectivity index (χ0v) is 16.4. The Morgan fingerprint density at radius 1 is 1.22 bits per heavy atom. The van der Waals surface area contributed by atoms with E-state index >= 15 is 0 Å². The second kappa shape index (κ2) is 8.15. The van der Waals surface area contributed by atoms with Gasteiger partial charge in [0.25, 0.3) is 5.91 Å². The van der Waals surface area contributed by atoms with E-state index in [4.69, 9.17) is 4.74 Å². The molecule has 0 unspecified atom stereocenters. The van der Waals surface area contributed by atoms with Crippen LogP contribution < -0.4 is 10.1 Å².